The highest BCUT2D eigenvalue weighted by molar-refractivity contribution is 6.28. The van der Waals surface area contributed by atoms with Crippen molar-refractivity contribution in [2.75, 3.05) is 0 Å². The van der Waals surface area contributed by atoms with Crippen molar-refractivity contribution in [2.45, 2.75) is 0 Å². The van der Waals surface area contributed by atoms with E-state index < -0.39 is 0 Å². The van der Waals surface area contributed by atoms with Gasteiger partial charge in [0.05, 0.1) is 84.4 Å². The van der Waals surface area contributed by atoms with Gasteiger partial charge in [-0.3, -0.25) is 0 Å². The van der Waals surface area contributed by atoms with Crippen LogP contribution in [0.1, 0.15) is 5.56 Å². The topological polar surface area (TPSA) is 61.0 Å². The summed E-state index contributed by atoms with van der Waals surface area (Å²) < 4.78 is 16.1. The first-order chi connectivity index (χ1) is 42.2. The summed E-state index contributed by atoms with van der Waals surface area (Å²) in [6.45, 7) is 9.97. The summed E-state index contributed by atoms with van der Waals surface area (Å²) in [5, 5.41) is 25.2. The van der Waals surface area contributed by atoms with Crippen molar-refractivity contribution in [3.8, 4) is 51.1 Å². The number of hydrogen-bond acceptors (Lipinski definition) is 2. The zero-order valence-corrected chi connectivity index (χ0v) is 45.5. The molecule has 7 heteroatoms. The van der Waals surface area contributed by atoms with Crippen LogP contribution in [0.25, 0.3) is 170 Å². The van der Waals surface area contributed by atoms with E-state index >= 15 is 0 Å². The smallest absolute Gasteiger partial charge is 0.237 e. The van der Waals surface area contributed by atoms with Crippen LogP contribution in [0, 0.1) is 17.9 Å². The third-order valence-corrected chi connectivity index (χ3v) is 17.8. The number of rotatable bonds is 6. The van der Waals surface area contributed by atoms with Crippen LogP contribution in [0.3, 0.4) is 0 Å². The number of fused-ring (bicyclic) bond motifs is 17. The van der Waals surface area contributed by atoms with Crippen LogP contribution in [0.4, 0.5) is 5.69 Å². The van der Waals surface area contributed by atoms with Crippen molar-refractivity contribution in [3.63, 3.8) is 0 Å². The SMILES string of the molecule is [C-]#[N+]c1c(-n2c3ccccc3c3ccccc32)c(C#N)c(-n2c3ccccc3c3ccccc32)c(-n2c3cccc(-c4ccccc4-c4cccc5ccccc45)c3c3ccc4oc5ccccc5c4c32)c1-n1c2ccccc2c2ccccc21. The molecule has 0 bridgehead atoms. The maximum absolute atomic E-state index is 12.8. The highest BCUT2D eigenvalue weighted by Gasteiger charge is 2.36. The number of aromatic nitrogens is 4. The Balaban J connectivity index is 1.14. The van der Waals surface area contributed by atoms with E-state index in [0.717, 1.165) is 131 Å². The van der Waals surface area contributed by atoms with E-state index in [2.05, 4.69) is 267 Å². The minimum Gasteiger partial charge on any atom is -0.456 e. The Morgan fingerprint density at radius 3 is 1.27 bits per heavy atom. The van der Waals surface area contributed by atoms with Gasteiger partial charge in [0.25, 0.3) is 0 Å². The number of benzene rings is 13. The first-order valence-electron chi connectivity index (χ1n) is 28.6. The Morgan fingerprint density at radius 2 is 0.718 bits per heavy atom. The summed E-state index contributed by atoms with van der Waals surface area (Å²) in [6, 6.07) is 97.0. The first-order valence-corrected chi connectivity index (χ1v) is 28.6. The summed E-state index contributed by atoms with van der Waals surface area (Å²) in [5.74, 6) is 0. The fourth-order valence-corrected chi connectivity index (χ4v) is 14.5. The fourth-order valence-electron chi connectivity index (χ4n) is 14.5. The average molecular weight is 1080 g/mol. The maximum Gasteiger partial charge on any atom is 0.237 e. The van der Waals surface area contributed by atoms with E-state index in [1.807, 2.05) is 24.3 Å². The zero-order valence-electron chi connectivity index (χ0n) is 45.5. The van der Waals surface area contributed by atoms with Crippen LogP contribution in [0.5, 0.6) is 0 Å². The quantitative estimate of drug-likeness (QED) is 0.156. The summed E-state index contributed by atoms with van der Waals surface area (Å²) >= 11 is 0. The van der Waals surface area contributed by atoms with Gasteiger partial charge in [-0.1, -0.05) is 206 Å². The number of para-hydroxylation sites is 7. The molecule has 0 radical (unpaired) electrons. The van der Waals surface area contributed by atoms with Crippen LogP contribution in [0.2, 0.25) is 0 Å². The molecule has 392 valence electrons. The molecule has 0 amide bonds. The molecule has 13 aromatic carbocycles. The zero-order chi connectivity index (χ0) is 56.0. The van der Waals surface area contributed by atoms with Gasteiger partial charge in [-0.15, -0.1) is 0 Å². The van der Waals surface area contributed by atoms with Crippen molar-refractivity contribution in [1.82, 2.24) is 18.3 Å². The summed E-state index contributed by atoms with van der Waals surface area (Å²) in [7, 11) is 0. The van der Waals surface area contributed by atoms with Gasteiger partial charge in [-0.2, -0.15) is 5.26 Å². The highest BCUT2D eigenvalue weighted by atomic mass is 16.3. The molecule has 18 aromatic rings. The van der Waals surface area contributed by atoms with E-state index in [1.54, 1.807) is 0 Å². The van der Waals surface area contributed by atoms with Crippen LogP contribution < -0.4 is 0 Å². The Labute approximate surface area is 485 Å². The average Bonchev–Trinajstić information content (AvgIpc) is 2.02. The van der Waals surface area contributed by atoms with E-state index in [1.165, 1.54) is 10.8 Å². The van der Waals surface area contributed by atoms with Gasteiger partial charge >= 0.3 is 0 Å². The summed E-state index contributed by atoms with van der Waals surface area (Å²) in [6.07, 6.45) is 0. The molecule has 0 saturated carbocycles. The third kappa shape index (κ3) is 6.36. The van der Waals surface area contributed by atoms with Crippen molar-refractivity contribution in [3.05, 3.63) is 284 Å². The molecule has 0 aliphatic heterocycles. The Kier molecular flexibility index (Phi) is 9.80. The van der Waals surface area contributed by atoms with E-state index in [0.29, 0.717) is 34.0 Å². The molecule has 7 nitrogen and oxygen atoms in total. The van der Waals surface area contributed by atoms with E-state index in [4.69, 9.17) is 9.26 Å². The molecule has 0 aliphatic carbocycles. The number of hydrogen-bond donors (Lipinski definition) is 0. The molecular formula is C78H44N6O. The lowest BCUT2D eigenvalue weighted by Crippen LogP contribution is -2.14. The molecule has 0 N–H and O–H groups in total. The van der Waals surface area contributed by atoms with Gasteiger partial charge in [0.1, 0.15) is 17.2 Å². The van der Waals surface area contributed by atoms with Crippen LogP contribution in [-0.4, -0.2) is 18.3 Å². The van der Waals surface area contributed by atoms with E-state index in [-0.39, 0.29) is 0 Å². The van der Waals surface area contributed by atoms with Gasteiger partial charge in [0.15, 0.2) is 0 Å². The van der Waals surface area contributed by atoms with Gasteiger partial charge in [0, 0.05) is 48.5 Å². The van der Waals surface area contributed by atoms with Crippen molar-refractivity contribution < 1.29 is 4.42 Å². The second-order valence-electron chi connectivity index (χ2n) is 22.0. The monoisotopic (exact) mass is 1080 g/mol. The lowest BCUT2D eigenvalue weighted by Gasteiger charge is -2.27. The minimum atomic E-state index is 0.325. The minimum absolute atomic E-state index is 0.325. The second kappa shape index (κ2) is 17.8. The Morgan fingerprint density at radius 1 is 0.306 bits per heavy atom. The predicted molar refractivity (Wildman–Crippen MR) is 350 cm³/mol. The number of furan rings is 1. The molecule has 0 saturated heterocycles. The predicted octanol–water partition coefficient (Wildman–Crippen LogP) is 20.9. The molecule has 0 aliphatic rings. The Bertz CT molecular complexity index is 5710. The standard InChI is InChI=1S/C78H44N6O/c1-80-73-75(81-62-36-13-6-27-52(62)53-28-7-14-37-63(53)81)61(46-79)76(82-64-38-15-8-29-54(64)55-30-9-16-39-65(55)82)78(77(73)83-66-40-17-10-31-56(66)57-32-11-18-41-67(57)83)84-68-42-21-35-58(51-26-5-4-25-50(51)49-34-20-23-47-22-2-3-24-48(47)49)71(68)60-44-45-70-72(74(60)84)59-33-12-19-43-69(59)85-70/h2-45H. The summed E-state index contributed by atoms with van der Waals surface area (Å²) in [4.78, 5) is 4.85. The number of nitrogens with zero attached hydrogens (tertiary/aromatic N) is 6. The molecule has 0 unspecified atom stereocenters. The molecule has 0 atom stereocenters. The van der Waals surface area contributed by atoms with Crippen molar-refractivity contribution >= 4 is 126 Å². The largest absolute Gasteiger partial charge is 0.456 e. The first kappa shape index (κ1) is 46.8. The van der Waals surface area contributed by atoms with Crippen molar-refractivity contribution in [1.29, 1.82) is 5.26 Å². The highest BCUT2D eigenvalue weighted by Crippen LogP contribution is 2.54. The van der Waals surface area contributed by atoms with Crippen LogP contribution in [-0.2, 0) is 0 Å². The molecule has 18 rings (SSSR count). The normalized spacial score (nSPS) is 12.0. The lowest BCUT2D eigenvalue weighted by molar-refractivity contribution is 0.669. The van der Waals surface area contributed by atoms with Crippen LogP contribution in [0.15, 0.2) is 271 Å². The Hall–Kier alpha value is -11.9. The number of nitriles is 1. The molecule has 5 heterocycles. The van der Waals surface area contributed by atoms with Gasteiger partial charge in [-0.25, -0.2) is 4.85 Å². The van der Waals surface area contributed by atoms with E-state index in [9.17, 15) is 11.8 Å². The van der Waals surface area contributed by atoms with Gasteiger partial charge in [-0.05, 0) is 93.7 Å². The molecule has 85 heavy (non-hydrogen) atoms. The molecule has 5 aromatic heterocycles. The maximum atomic E-state index is 12.8. The molecule has 0 spiro atoms. The fraction of sp³-hybridized carbons (Fsp3) is 0. The van der Waals surface area contributed by atoms with Crippen molar-refractivity contribution in [2.24, 2.45) is 0 Å². The third-order valence-electron chi connectivity index (χ3n) is 17.8. The van der Waals surface area contributed by atoms with Gasteiger partial charge in [0.2, 0.25) is 5.69 Å². The van der Waals surface area contributed by atoms with Crippen LogP contribution >= 0.6 is 0 Å². The molecular weight excluding hydrogens is 1040 g/mol. The van der Waals surface area contributed by atoms with Gasteiger partial charge < -0.3 is 22.7 Å². The molecule has 0 fully saturated rings. The summed E-state index contributed by atoms with van der Waals surface area (Å²) in [5.41, 5.74) is 16.2. The second-order valence-corrected chi connectivity index (χ2v) is 22.0. The lowest BCUT2D eigenvalue weighted by atomic mass is 9.89.